The molecule has 0 spiro atoms. The molecule has 0 unspecified atom stereocenters. The predicted octanol–water partition coefficient (Wildman–Crippen LogP) is 3.58. The molecule has 1 aromatic rings. The largest absolute Gasteiger partial charge is 0.425 e. The quantitative estimate of drug-likeness (QED) is 0.652. The second kappa shape index (κ2) is 9.88. The van der Waals surface area contributed by atoms with Gasteiger partial charge < -0.3 is 9.32 Å². The van der Waals surface area contributed by atoms with Crippen LogP contribution in [-0.4, -0.2) is 58.6 Å². The van der Waals surface area contributed by atoms with Crippen LogP contribution < -0.4 is 0 Å². The summed E-state index contributed by atoms with van der Waals surface area (Å²) in [5, 5.41) is 8.47. The number of aromatic nitrogens is 2. The zero-order valence-electron chi connectivity index (χ0n) is 18.9. The highest BCUT2D eigenvalue weighted by molar-refractivity contribution is 5.73. The fraction of sp³-hybridized carbons (Fsp3) is 0.783. The van der Waals surface area contributed by atoms with Gasteiger partial charge in [-0.3, -0.25) is 9.69 Å². The van der Waals surface area contributed by atoms with Gasteiger partial charge in [-0.25, -0.2) is 0 Å². The molecule has 29 heavy (non-hydrogen) atoms. The number of nitrogens with zero attached hydrogens (tertiary/aromatic N) is 4. The van der Waals surface area contributed by atoms with Crippen LogP contribution in [0.2, 0.25) is 0 Å². The van der Waals surface area contributed by atoms with Gasteiger partial charge in [-0.15, -0.1) is 10.2 Å². The van der Waals surface area contributed by atoms with Gasteiger partial charge in [-0.05, 0) is 43.4 Å². The highest BCUT2D eigenvalue weighted by atomic mass is 16.4. The standard InChI is InChI=1S/C23H38N4O2/c1-6-7-22-24-25-23(29-22)14-19-13-21(16(2)3)20(12-17(19)4)15-26-8-10-27(11-9-26)18(5)28/h12,16,19-21H,6-11,13-15H2,1-5H3/t19-,20-,21-/m0/s1. The van der Waals surface area contributed by atoms with Crippen LogP contribution in [0.15, 0.2) is 16.1 Å². The Kier molecular flexibility index (Phi) is 7.49. The first-order chi connectivity index (χ1) is 13.9. The van der Waals surface area contributed by atoms with E-state index < -0.39 is 0 Å². The second-order valence-corrected chi connectivity index (χ2v) is 9.27. The van der Waals surface area contributed by atoms with Gasteiger partial charge in [0.1, 0.15) is 0 Å². The Morgan fingerprint density at radius 2 is 1.90 bits per heavy atom. The molecule has 1 fully saturated rings. The third-order valence-corrected chi connectivity index (χ3v) is 6.76. The van der Waals surface area contributed by atoms with E-state index in [4.69, 9.17) is 4.42 Å². The van der Waals surface area contributed by atoms with Crippen molar-refractivity contribution in [1.82, 2.24) is 20.0 Å². The highest BCUT2D eigenvalue weighted by Gasteiger charge is 2.34. The van der Waals surface area contributed by atoms with Gasteiger partial charge in [0.05, 0.1) is 0 Å². The Balaban J connectivity index is 1.63. The van der Waals surface area contributed by atoms with Crippen molar-refractivity contribution >= 4 is 5.91 Å². The lowest BCUT2D eigenvalue weighted by molar-refractivity contribution is -0.130. The first-order valence-corrected chi connectivity index (χ1v) is 11.3. The first-order valence-electron chi connectivity index (χ1n) is 11.3. The molecule has 0 N–H and O–H groups in total. The van der Waals surface area contributed by atoms with Gasteiger partial charge in [-0.2, -0.15) is 0 Å². The maximum Gasteiger partial charge on any atom is 0.219 e. The van der Waals surface area contributed by atoms with Crippen LogP contribution in [0.25, 0.3) is 0 Å². The molecule has 0 radical (unpaired) electrons. The molecule has 0 bridgehead atoms. The van der Waals surface area contributed by atoms with Crippen molar-refractivity contribution < 1.29 is 9.21 Å². The molecule has 2 aliphatic rings. The van der Waals surface area contributed by atoms with Crippen LogP contribution in [0.3, 0.4) is 0 Å². The summed E-state index contributed by atoms with van der Waals surface area (Å²) in [5.41, 5.74) is 1.46. The van der Waals surface area contributed by atoms with E-state index in [2.05, 4.69) is 48.9 Å². The van der Waals surface area contributed by atoms with E-state index in [9.17, 15) is 4.79 Å². The van der Waals surface area contributed by atoms with Gasteiger partial charge in [0, 0.05) is 52.5 Å². The van der Waals surface area contributed by atoms with Crippen molar-refractivity contribution in [1.29, 1.82) is 0 Å². The lowest BCUT2D eigenvalue weighted by Crippen LogP contribution is -2.50. The van der Waals surface area contributed by atoms with Crippen molar-refractivity contribution in [2.75, 3.05) is 32.7 Å². The summed E-state index contributed by atoms with van der Waals surface area (Å²) in [6, 6.07) is 0. The molecule has 1 aromatic heterocycles. The Morgan fingerprint density at radius 1 is 1.21 bits per heavy atom. The molecule has 1 aliphatic heterocycles. The van der Waals surface area contributed by atoms with Crippen LogP contribution >= 0.6 is 0 Å². The summed E-state index contributed by atoms with van der Waals surface area (Å²) in [4.78, 5) is 16.1. The zero-order valence-corrected chi connectivity index (χ0v) is 18.9. The Bertz CT molecular complexity index is 703. The third-order valence-electron chi connectivity index (χ3n) is 6.76. The minimum Gasteiger partial charge on any atom is -0.425 e. The first kappa shape index (κ1) is 22.0. The molecule has 3 rings (SSSR count). The Hall–Kier alpha value is -1.69. The van der Waals surface area contributed by atoms with E-state index in [-0.39, 0.29) is 5.91 Å². The normalized spacial score (nSPS) is 26.1. The number of hydrogen-bond donors (Lipinski definition) is 0. The van der Waals surface area contributed by atoms with Gasteiger partial charge in [0.2, 0.25) is 17.7 Å². The van der Waals surface area contributed by atoms with Crippen molar-refractivity contribution in [2.45, 2.75) is 60.3 Å². The summed E-state index contributed by atoms with van der Waals surface area (Å²) < 4.78 is 5.86. The number of allylic oxidation sites excluding steroid dienone is 1. The molecule has 3 atom stereocenters. The van der Waals surface area contributed by atoms with Gasteiger partial charge in [0.15, 0.2) is 0 Å². The minimum absolute atomic E-state index is 0.198. The number of aryl methyl sites for hydroxylation is 1. The molecule has 0 saturated carbocycles. The van der Waals surface area contributed by atoms with E-state index >= 15 is 0 Å². The van der Waals surface area contributed by atoms with Gasteiger partial charge in [0.25, 0.3) is 0 Å². The van der Waals surface area contributed by atoms with E-state index in [1.807, 2.05) is 4.90 Å². The average molecular weight is 403 g/mol. The predicted molar refractivity (Wildman–Crippen MR) is 114 cm³/mol. The maximum atomic E-state index is 11.6. The molecule has 0 aromatic carbocycles. The second-order valence-electron chi connectivity index (χ2n) is 9.27. The number of hydrogen-bond acceptors (Lipinski definition) is 5. The average Bonchev–Trinajstić information content (AvgIpc) is 3.11. The fourth-order valence-electron chi connectivity index (χ4n) is 4.93. The van der Waals surface area contributed by atoms with E-state index in [1.165, 1.54) is 12.0 Å². The molecular formula is C23H38N4O2. The zero-order chi connectivity index (χ0) is 21.0. The molecule has 162 valence electrons. The number of carbonyl (C=O) groups is 1. The van der Waals surface area contributed by atoms with Gasteiger partial charge in [-0.1, -0.05) is 32.4 Å². The topological polar surface area (TPSA) is 62.5 Å². The molecule has 6 nitrogen and oxygen atoms in total. The number of amides is 1. The summed E-state index contributed by atoms with van der Waals surface area (Å²) in [7, 11) is 0. The molecule has 6 heteroatoms. The van der Waals surface area contributed by atoms with E-state index in [0.29, 0.717) is 23.7 Å². The van der Waals surface area contributed by atoms with Crippen molar-refractivity contribution in [3.63, 3.8) is 0 Å². The Labute approximate surface area is 175 Å². The van der Waals surface area contributed by atoms with Crippen molar-refractivity contribution in [3.05, 3.63) is 23.4 Å². The molecule has 1 aliphatic carbocycles. The molecule has 1 amide bonds. The van der Waals surface area contributed by atoms with Gasteiger partial charge >= 0.3 is 0 Å². The number of rotatable bonds is 7. The van der Waals surface area contributed by atoms with Crippen LogP contribution in [0.4, 0.5) is 0 Å². The van der Waals surface area contributed by atoms with Crippen LogP contribution in [0.5, 0.6) is 0 Å². The van der Waals surface area contributed by atoms with Crippen LogP contribution in [0.1, 0.15) is 59.2 Å². The summed E-state index contributed by atoms with van der Waals surface area (Å²) in [6.07, 6.45) is 6.44. The van der Waals surface area contributed by atoms with E-state index in [0.717, 1.165) is 63.8 Å². The fourth-order valence-corrected chi connectivity index (χ4v) is 4.93. The SMILES string of the molecule is CCCc1nnc(C[C@@H]2C[C@@H](C(C)C)[C@H](CN3CCN(C(C)=O)CC3)C=C2C)o1. The van der Waals surface area contributed by atoms with Crippen LogP contribution in [0, 0.1) is 23.7 Å². The summed E-state index contributed by atoms with van der Waals surface area (Å²) in [6.45, 7) is 15.6. The Morgan fingerprint density at radius 3 is 2.52 bits per heavy atom. The summed E-state index contributed by atoms with van der Waals surface area (Å²) in [5.74, 6) is 4.12. The lowest BCUT2D eigenvalue weighted by atomic mass is 9.69. The molecule has 1 saturated heterocycles. The van der Waals surface area contributed by atoms with Crippen molar-refractivity contribution in [2.24, 2.45) is 23.7 Å². The maximum absolute atomic E-state index is 11.6. The molecular weight excluding hydrogens is 364 g/mol. The smallest absolute Gasteiger partial charge is 0.219 e. The monoisotopic (exact) mass is 402 g/mol. The highest BCUT2D eigenvalue weighted by Crippen LogP contribution is 2.39. The number of carbonyl (C=O) groups excluding carboxylic acids is 1. The van der Waals surface area contributed by atoms with Crippen molar-refractivity contribution in [3.8, 4) is 0 Å². The van der Waals surface area contributed by atoms with Crippen LogP contribution in [-0.2, 0) is 17.6 Å². The lowest BCUT2D eigenvalue weighted by Gasteiger charge is -2.41. The van der Waals surface area contributed by atoms with E-state index in [1.54, 1.807) is 6.92 Å². The summed E-state index contributed by atoms with van der Waals surface area (Å²) >= 11 is 0. The third kappa shape index (κ3) is 5.68. The molecule has 2 heterocycles. The minimum atomic E-state index is 0.198. The number of piperazine rings is 1.